The van der Waals surface area contributed by atoms with E-state index in [1.54, 1.807) is 0 Å². The molecule has 1 aliphatic rings. The smallest absolute Gasteiger partial charge is 0.394 e. The summed E-state index contributed by atoms with van der Waals surface area (Å²) in [5, 5.41) is 4.53. The normalized spacial score (nSPS) is 18.4. The van der Waals surface area contributed by atoms with E-state index in [1.807, 2.05) is 0 Å². The second-order valence-electron chi connectivity index (χ2n) is 5.96. The van der Waals surface area contributed by atoms with Crippen molar-refractivity contribution in [3.05, 3.63) is 27.4 Å². The molecule has 1 aromatic heterocycles. The van der Waals surface area contributed by atoms with E-state index in [0.717, 1.165) is 6.42 Å². The van der Waals surface area contributed by atoms with E-state index in [-0.39, 0.29) is 37.2 Å². The van der Waals surface area contributed by atoms with Gasteiger partial charge in [-0.2, -0.15) is 13.2 Å². The lowest BCUT2D eigenvalue weighted by atomic mass is 9.91. The lowest BCUT2D eigenvalue weighted by Crippen LogP contribution is -2.28. The van der Waals surface area contributed by atoms with E-state index in [0.29, 0.717) is 23.6 Å². The first-order valence-electron chi connectivity index (χ1n) is 8.29. The Hall–Kier alpha value is -2.43. The predicted molar refractivity (Wildman–Crippen MR) is 95.1 cm³/mol. The van der Waals surface area contributed by atoms with E-state index in [2.05, 4.69) is 15.3 Å². The molecule has 1 aliphatic carbocycles. The number of nitrogens with one attached hydrogen (secondary N) is 1. The van der Waals surface area contributed by atoms with Crippen LogP contribution >= 0.6 is 11.3 Å². The Labute approximate surface area is 157 Å². The molecule has 0 aromatic carbocycles. The van der Waals surface area contributed by atoms with Gasteiger partial charge in [-0.3, -0.25) is 14.6 Å². The molecule has 0 bridgehead atoms. The second-order valence-corrected chi connectivity index (χ2v) is 6.90. The number of alkyl halides is 3. The van der Waals surface area contributed by atoms with Crippen molar-refractivity contribution in [2.45, 2.75) is 44.8 Å². The lowest BCUT2D eigenvalue weighted by molar-refractivity contribution is -0.117. The Kier molecular flexibility index (Phi) is 6.94. The van der Waals surface area contributed by atoms with Gasteiger partial charge in [0, 0.05) is 29.6 Å². The van der Waals surface area contributed by atoms with Gasteiger partial charge in [-0.05, 0) is 25.7 Å². The summed E-state index contributed by atoms with van der Waals surface area (Å²) >= 11 is 1.18. The molecule has 5 N–H and O–H groups in total. The van der Waals surface area contributed by atoms with E-state index >= 15 is 0 Å². The highest BCUT2D eigenvalue weighted by atomic mass is 32.1. The number of aliphatic imine (C=N–C) groups is 1. The first-order valence-corrected chi connectivity index (χ1v) is 9.17. The summed E-state index contributed by atoms with van der Waals surface area (Å²) in [6.07, 6.45) is -2.50. The SMILES string of the molecule is NC(=O)CCNC(=O)c1csc(CN=C2CCCCC2=C(N)C(F)(F)F)n1. The van der Waals surface area contributed by atoms with E-state index in [9.17, 15) is 22.8 Å². The van der Waals surface area contributed by atoms with Gasteiger partial charge in [0.2, 0.25) is 5.91 Å². The van der Waals surface area contributed by atoms with Gasteiger partial charge in [-0.15, -0.1) is 11.3 Å². The average molecular weight is 403 g/mol. The third-order valence-electron chi connectivity index (χ3n) is 3.92. The largest absolute Gasteiger partial charge is 0.431 e. The zero-order valence-electron chi connectivity index (χ0n) is 14.4. The summed E-state index contributed by atoms with van der Waals surface area (Å²) in [5.74, 6) is -0.981. The van der Waals surface area contributed by atoms with Crippen LogP contribution in [0.15, 0.2) is 21.6 Å². The van der Waals surface area contributed by atoms with Crippen LogP contribution in [0.5, 0.6) is 0 Å². The van der Waals surface area contributed by atoms with Crippen LogP contribution in [0.4, 0.5) is 13.2 Å². The van der Waals surface area contributed by atoms with Crippen LogP contribution in [-0.4, -0.2) is 35.2 Å². The molecule has 0 unspecified atom stereocenters. The molecule has 1 fully saturated rings. The molecular weight excluding hydrogens is 383 g/mol. The number of amides is 2. The zero-order valence-corrected chi connectivity index (χ0v) is 15.3. The summed E-state index contributed by atoms with van der Waals surface area (Å²) in [6, 6.07) is 0. The molecule has 0 radical (unpaired) electrons. The standard InChI is InChI=1S/C16H20F3N5O2S/c17-16(18,19)14(21)9-3-1-2-4-10(9)23-7-13-24-11(8-27-13)15(26)22-6-5-12(20)25/h8H,1-7,21H2,(H2,20,25)(H,22,26). The van der Waals surface area contributed by atoms with Gasteiger partial charge >= 0.3 is 6.18 Å². The molecule has 0 spiro atoms. The number of hydrogen-bond acceptors (Lipinski definition) is 6. The molecule has 0 saturated heterocycles. The maximum Gasteiger partial charge on any atom is 0.431 e. The molecule has 0 atom stereocenters. The van der Waals surface area contributed by atoms with Crippen LogP contribution < -0.4 is 16.8 Å². The van der Waals surface area contributed by atoms with Gasteiger partial charge in [-0.25, -0.2) is 4.98 Å². The van der Waals surface area contributed by atoms with Crippen molar-refractivity contribution in [2.24, 2.45) is 16.5 Å². The number of carbonyl (C=O) groups is 2. The molecule has 7 nitrogen and oxygen atoms in total. The number of nitrogens with zero attached hydrogens (tertiary/aromatic N) is 2. The van der Waals surface area contributed by atoms with E-state index in [4.69, 9.17) is 11.5 Å². The Balaban J connectivity index is 2.05. The predicted octanol–water partition coefficient (Wildman–Crippen LogP) is 2.04. The minimum Gasteiger partial charge on any atom is -0.394 e. The van der Waals surface area contributed by atoms with Crippen LogP contribution in [0.25, 0.3) is 0 Å². The van der Waals surface area contributed by atoms with Crippen LogP contribution in [0.3, 0.4) is 0 Å². The van der Waals surface area contributed by atoms with Crippen molar-refractivity contribution < 1.29 is 22.8 Å². The lowest BCUT2D eigenvalue weighted by Gasteiger charge is -2.20. The van der Waals surface area contributed by atoms with Crippen molar-refractivity contribution in [2.75, 3.05) is 6.54 Å². The zero-order chi connectivity index (χ0) is 20.0. The highest BCUT2D eigenvalue weighted by Crippen LogP contribution is 2.31. The van der Waals surface area contributed by atoms with Gasteiger partial charge in [-0.1, -0.05) is 0 Å². The topological polar surface area (TPSA) is 123 Å². The van der Waals surface area contributed by atoms with Crippen molar-refractivity contribution in [3.63, 3.8) is 0 Å². The molecule has 11 heteroatoms. The quantitative estimate of drug-likeness (QED) is 0.672. The Morgan fingerprint density at radius 3 is 2.63 bits per heavy atom. The monoisotopic (exact) mass is 403 g/mol. The van der Waals surface area contributed by atoms with Crippen LogP contribution in [0, 0.1) is 0 Å². The number of halogens is 3. The molecule has 1 heterocycles. The van der Waals surface area contributed by atoms with Crippen LogP contribution in [0.2, 0.25) is 0 Å². The van der Waals surface area contributed by atoms with Gasteiger partial charge < -0.3 is 16.8 Å². The maximum absolute atomic E-state index is 12.9. The third kappa shape index (κ3) is 6.05. The number of thiazole rings is 1. The number of rotatable bonds is 6. The van der Waals surface area contributed by atoms with Crippen LogP contribution in [0.1, 0.15) is 47.6 Å². The molecular formula is C16H20F3N5O2S. The molecule has 2 rings (SSSR count). The minimum absolute atomic E-state index is 0.0200. The Morgan fingerprint density at radius 2 is 1.96 bits per heavy atom. The summed E-state index contributed by atoms with van der Waals surface area (Å²) in [6.45, 7) is 0.178. The summed E-state index contributed by atoms with van der Waals surface area (Å²) in [5.41, 5.74) is 9.73. The number of primary amides is 1. The van der Waals surface area contributed by atoms with Gasteiger partial charge in [0.15, 0.2) is 0 Å². The summed E-state index contributed by atoms with van der Waals surface area (Å²) in [7, 11) is 0. The van der Waals surface area contributed by atoms with Crippen molar-refractivity contribution in [1.29, 1.82) is 0 Å². The molecule has 2 amide bonds. The molecule has 148 valence electrons. The third-order valence-corrected chi connectivity index (χ3v) is 4.75. The number of nitrogens with two attached hydrogens (primary N) is 2. The first kappa shape index (κ1) is 20.9. The summed E-state index contributed by atoms with van der Waals surface area (Å²) in [4.78, 5) is 30.9. The van der Waals surface area contributed by atoms with E-state index < -0.39 is 23.7 Å². The Bertz CT molecular complexity index is 770. The van der Waals surface area contributed by atoms with Crippen LogP contribution in [-0.2, 0) is 11.3 Å². The Morgan fingerprint density at radius 1 is 1.26 bits per heavy atom. The van der Waals surface area contributed by atoms with Gasteiger partial charge in [0.25, 0.3) is 5.91 Å². The van der Waals surface area contributed by atoms with Gasteiger partial charge in [0.05, 0.1) is 6.54 Å². The highest BCUT2D eigenvalue weighted by molar-refractivity contribution is 7.09. The molecule has 1 saturated carbocycles. The highest BCUT2D eigenvalue weighted by Gasteiger charge is 2.35. The number of allylic oxidation sites excluding steroid dienone is 2. The molecule has 27 heavy (non-hydrogen) atoms. The fourth-order valence-electron chi connectivity index (χ4n) is 2.57. The average Bonchev–Trinajstić information content (AvgIpc) is 3.07. The molecule has 0 aliphatic heterocycles. The number of aromatic nitrogens is 1. The second kappa shape index (κ2) is 8.98. The fraction of sp³-hybridized carbons (Fsp3) is 0.500. The van der Waals surface area contributed by atoms with Crippen molar-refractivity contribution >= 4 is 28.9 Å². The number of carbonyl (C=O) groups excluding carboxylic acids is 2. The fourth-order valence-corrected chi connectivity index (χ4v) is 3.26. The maximum atomic E-state index is 12.9. The van der Waals surface area contributed by atoms with Crippen molar-refractivity contribution in [3.8, 4) is 0 Å². The van der Waals surface area contributed by atoms with Gasteiger partial charge in [0.1, 0.15) is 16.4 Å². The number of hydrogen-bond donors (Lipinski definition) is 3. The van der Waals surface area contributed by atoms with E-state index in [1.165, 1.54) is 16.7 Å². The first-order chi connectivity index (χ1) is 12.7. The summed E-state index contributed by atoms with van der Waals surface area (Å²) < 4.78 is 38.7. The molecule has 1 aromatic rings. The minimum atomic E-state index is -4.58. The van der Waals surface area contributed by atoms with Crippen molar-refractivity contribution in [1.82, 2.24) is 10.3 Å².